The van der Waals surface area contributed by atoms with Gasteiger partial charge in [0.05, 0.1) is 23.2 Å². The summed E-state index contributed by atoms with van der Waals surface area (Å²) in [4.78, 5) is 0.152. The molecule has 0 aliphatic heterocycles. The van der Waals surface area contributed by atoms with Gasteiger partial charge in [-0.25, -0.2) is 8.42 Å². The Morgan fingerprint density at radius 3 is 1.83 bits per heavy atom. The molecule has 0 aliphatic carbocycles. The van der Waals surface area contributed by atoms with Crippen molar-refractivity contribution in [3.8, 4) is 5.75 Å². The monoisotopic (exact) mass is 521 g/mol. The lowest BCUT2D eigenvalue weighted by atomic mass is 10.1. The predicted octanol–water partition coefficient (Wildman–Crippen LogP) is 3.07. The van der Waals surface area contributed by atoms with Gasteiger partial charge in [-0.05, 0) is 84.9 Å². The van der Waals surface area contributed by atoms with Gasteiger partial charge in [0.15, 0.2) is 0 Å². The van der Waals surface area contributed by atoms with E-state index in [2.05, 4.69) is 10.6 Å². The van der Waals surface area contributed by atoms with E-state index in [0.29, 0.717) is 18.0 Å². The molecule has 9 heteroatoms. The van der Waals surface area contributed by atoms with Crippen LogP contribution in [-0.4, -0.2) is 68.2 Å². The smallest absolute Gasteiger partial charge is 0.264 e. The first-order chi connectivity index (χ1) is 16.6. The van der Waals surface area contributed by atoms with Gasteiger partial charge in [-0.3, -0.25) is 4.31 Å². The zero-order valence-corrected chi connectivity index (χ0v) is 23.4. The molecule has 36 heavy (non-hydrogen) atoms. The van der Waals surface area contributed by atoms with Crippen molar-refractivity contribution in [3.63, 3.8) is 0 Å². The van der Waals surface area contributed by atoms with E-state index in [1.807, 2.05) is 48.5 Å². The Hall–Kier alpha value is -2.17. The summed E-state index contributed by atoms with van der Waals surface area (Å²) >= 11 is 0. The Morgan fingerprint density at radius 1 is 0.833 bits per heavy atom. The Balaban J connectivity index is 2.20. The van der Waals surface area contributed by atoms with Crippen LogP contribution in [0.4, 0.5) is 5.69 Å². The van der Waals surface area contributed by atoms with Gasteiger partial charge in [-0.1, -0.05) is 17.7 Å². The highest BCUT2D eigenvalue weighted by Gasteiger charge is 2.28. The van der Waals surface area contributed by atoms with Crippen molar-refractivity contribution >= 4 is 15.7 Å². The van der Waals surface area contributed by atoms with E-state index in [9.17, 15) is 18.6 Å². The lowest BCUT2D eigenvalue weighted by Gasteiger charge is -2.29. The van der Waals surface area contributed by atoms with E-state index < -0.39 is 22.2 Å². The third-order valence-electron chi connectivity index (χ3n) is 5.29. The first kappa shape index (κ1) is 30.1. The maximum Gasteiger partial charge on any atom is 0.264 e. The maximum absolute atomic E-state index is 13.6. The number of ether oxygens (including phenoxy) is 1. The van der Waals surface area contributed by atoms with Gasteiger partial charge in [0, 0.05) is 24.2 Å². The molecule has 202 valence electrons. The quantitative estimate of drug-likeness (QED) is 0.340. The van der Waals surface area contributed by atoms with Crippen LogP contribution in [0.3, 0.4) is 0 Å². The molecule has 2 unspecified atom stereocenters. The van der Waals surface area contributed by atoms with Crippen LogP contribution >= 0.6 is 0 Å². The molecule has 0 heterocycles. The van der Waals surface area contributed by atoms with E-state index in [-0.39, 0.29) is 35.7 Å². The summed E-state index contributed by atoms with van der Waals surface area (Å²) in [5, 5.41) is 27.3. The van der Waals surface area contributed by atoms with E-state index in [4.69, 9.17) is 4.74 Å². The van der Waals surface area contributed by atoms with E-state index in [1.54, 1.807) is 48.5 Å². The number of aryl methyl sites for hydroxylation is 1. The fourth-order valence-electron chi connectivity index (χ4n) is 3.24. The number of nitrogens with one attached hydrogen (secondary N) is 2. The van der Waals surface area contributed by atoms with Crippen molar-refractivity contribution < 1.29 is 23.4 Å². The summed E-state index contributed by atoms with van der Waals surface area (Å²) in [5.74, 6) is 0.510. The van der Waals surface area contributed by atoms with Crippen LogP contribution in [0.5, 0.6) is 5.75 Å². The lowest BCUT2D eigenvalue weighted by Crippen LogP contribution is -2.46. The number of sulfonamides is 1. The van der Waals surface area contributed by atoms with Crippen LogP contribution in [0.2, 0.25) is 0 Å². The normalized spacial score (nSPS) is 14.4. The van der Waals surface area contributed by atoms with Gasteiger partial charge < -0.3 is 25.6 Å². The van der Waals surface area contributed by atoms with Crippen molar-refractivity contribution in [2.75, 3.05) is 30.5 Å². The largest absolute Gasteiger partial charge is 0.491 e. The van der Waals surface area contributed by atoms with Crippen LogP contribution in [0.25, 0.3) is 0 Å². The van der Waals surface area contributed by atoms with Gasteiger partial charge in [0.2, 0.25) is 0 Å². The highest BCUT2D eigenvalue weighted by Crippen LogP contribution is 2.26. The Bertz CT molecular complexity index is 1040. The van der Waals surface area contributed by atoms with E-state index in [1.165, 1.54) is 4.31 Å². The van der Waals surface area contributed by atoms with Crippen molar-refractivity contribution in [1.29, 1.82) is 0 Å². The number of β-amino-alcohol motifs (C(OH)–C–C–N with tert-alkyl or cyclic N) is 2. The number of rotatable bonds is 12. The fourth-order valence-corrected chi connectivity index (χ4v) is 4.75. The Labute approximate surface area is 216 Å². The molecule has 0 spiro atoms. The first-order valence-electron chi connectivity index (χ1n) is 12.3. The molecule has 2 atom stereocenters. The fraction of sp³-hybridized carbons (Fsp3) is 0.556. The average Bonchev–Trinajstić information content (AvgIpc) is 2.78. The van der Waals surface area contributed by atoms with Crippen LogP contribution < -0.4 is 19.7 Å². The molecule has 0 amide bonds. The summed E-state index contributed by atoms with van der Waals surface area (Å²) in [6.07, 6.45) is -1.61. The van der Waals surface area contributed by atoms with Crippen LogP contribution in [-0.2, 0) is 10.0 Å². The zero-order valence-electron chi connectivity index (χ0n) is 22.6. The van der Waals surface area contributed by atoms with Crippen LogP contribution in [0.1, 0.15) is 47.1 Å². The summed E-state index contributed by atoms with van der Waals surface area (Å²) in [7, 11) is -3.92. The molecule has 0 fully saturated rings. The first-order valence-corrected chi connectivity index (χ1v) is 13.7. The Morgan fingerprint density at radius 2 is 1.33 bits per heavy atom. The molecule has 4 N–H and O–H groups in total. The number of nitrogens with zero attached hydrogens (tertiary/aromatic N) is 1. The summed E-state index contributed by atoms with van der Waals surface area (Å²) in [6, 6.07) is 13.3. The van der Waals surface area contributed by atoms with Crippen molar-refractivity contribution in [2.45, 2.75) is 76.6 Å². The summed E-state index contributed by atoms with van der Waals surface area (Å²) in [5.41, 5.74) is 1.04. The number of benzene rings is 2. The molecule has 0 aromatic heterocycles. The third kappa shape index (κ3) is 10.1. The molecule has 0 aliphatic rings. The molecule has 0 saturated heterocycles. The van der Waals surface area contributed by atoms with Gasteiger partial charge in [-0.2, -0.15) is 0 Å². The minimum absolute atomic E-state index is 0.102. The van der Waals surface area contributed by atoms with Crippen molar-refractivity contribution in [2.24, 2.45) is 0 Å². The van der Waals surface area contributed by atoms with Crippen LogP contribution in [0, 0.1) is 6.92 Å². The molecule has 0 bridgehead atoms. The minimum atomic E-state index is -3.92. The topological polar surface area (TPSA) is 111 Å². The zero-order chi connectivity index (χ0) is 27.1. The van der Waals surface area contributed by atoms with E-state index >= 15 is 0 Å². The van der Waals surface area contributed by atoms with Gasteiger partial charge >= 0.3 is 0 Å². The van der Waals surface area contributed by atoms with Crippen LogP contribution in [0.15, 0.2) is 53.4 Å². The standard InChI is InChI=1S/C27H43N3O5S/c1-20-8-14-25(15-9-20)36(33,34)30(18-22(31)16-28-26(2,3)4)21-10-12-24(13-11-21)35-19-23(32)17-29-27(5,6)7/h8-15,22-23,28-29,31-32H,16-19H2,1-7H3. The summed E-state index contributed by atoms with van der Waals surface area (Å²) in [6.45, 7) is 14.5. The van der Waals surface area contributed by atoms with Crippen molar-refractivity contribution in [1.82, 2.24) is 10.6 Å². The predicted molar refractivity (Wildman–Crippen MR) is 145 cm³/mol. The van der Waals surface area contributed by atoms with E-state index in [0.717, 1.165) is 5.56 Å². The number of hydrogen-bond acceptors (Lipinski definition) is 7. The molecular formula is C27H43N3O5S. The molecule has 2 rings (SSSR count). The second kappa shape index (κ2) is 12.4. The molecular weight excluding hydrogens is 478 g/mol. The maximum atomic E-state index is 13.6. The number of aliphatic hydroxyl groups excluding tert-OH is 2. The Kier molecular flexibility index (Phi) is 10.3. The molecule has 2 aromatic carbocycles. The average molecular weight is 522 g/mol. The van der Waals surface area contributed by atoms with Gasteiger partial charge in [0.1, 0.15) is 18.5 Å². The molecule has 2 aromatic rings. The summed E-state index contributed by atoms with van der Waals surface area (Å²) < 4.78 is 34.0. The highest BCUT2D eigenvalue weighted by atomic mass is 32.2. The number of anilines is 1. The molecule has 0 radical (unpaired) electrons. The van der Waals surface area contributed by atoms with Crippen molar-refractivity contribution in [3.05, 3.63) is 54.1 Å². The SMILES string of the molecule is Cc1ccc(S(=O)(=O)N(CC(O)CNC(C)(C)C)c2ccc(OCC(O)CNC(C)(C)C)cc2)cc1. The molecule has 8 nitrogen and oxygen atoms in total. The molecule has 0 saturated carbocycles. The third-order valence-corrected chi connectivity index (χ3v) is 7.10. The second-order valence-electron chi connectivity index (χ2n) is 11.2. The highest BCUT2D eigenvalue weighted by molar-refractivity contribution is 7.92. The lowest BCUT2D eigenvalue weighted by molar-refractivity contribution is 0.100. The minimum Gasteiger partial charge on any atom is -0.491 e. The van der Waals surface area contributed by atoms with Gasteiger partial charge in [0.25, 0.3) is 10.0 Å². The number of aliphatic hydroxyl groups is 2. The number of hydrogen-bond donors (Lipinski definition) is 4. The van der Waals surface area contributed by atoms with Gasteiger partial charge in [-0.15, -0.1) is 0 Å². The second-order valence-corrected chi connectivity index (χ2v) is 13.1.